The molecule has 8 heteroatoms. The average Bonchev–Trinajstić information content (AvgIpc) is 2.68. The Labute approximate surface area is 186 Å². The topological polar surface area (TPSA) is 67.4 Å². The summed E-state index contributed by atoms with van der Waals surface area (Å²) >= 11 is 15.3. The Balaban J connectivity index is 1.61. The summed E-state index contributed by atoms with van der Waals surface area (Å²) in [6.45, 7) is -0.264. The summed E-state index contributed by atoms with van der Waals surface area (Å²) in [5.74, 6) is -0.355. The molecule has 0 bridgehead atoms. The van der Waals surface area contributed by atoms with Gasteiger partial charge in [0.15, 0.2) is 12.4 Å². The van der Waals surface area contributed by atoms with Crippen LogP contribution < -0.4 is 15.4 Å². The van der Waals surface area contributed by atoms with Crippen molar-refractivity contribution in [1.82, 2.24) is 0 Å². The van der Waals surface area contributed by atoms with Crippen molar-refractivity contribution >= 4 is 62.3 Å². The van der Waals surface area contributed by atoms with Crippen LogP contribution in [0.4, 0.5) is 11.4 Å². The lowest BCUT2D eigenvalue weighted by molar-refractivity contribution is -0.118. The smallest absolute Gasteiger partial charge is 0.262 e. The predicted octanol–water partition coefficient (Wildman–Crippen LogP) is 6.03. The molecule has 29 heavy (non-hydrogen) atoms. The summed E-state index contributed by atoms with van der Waals surface area (Å²) < 4.78 is 6.03. The monoisotopic (exact) mass is 492 g/mol. The number of rotatable bonds is 6. The largest absolute Gasteiger partial charge is 0.481 e. The molecule has 2 N–H and O–H groups in total. The van der Waals surface area contributed by atoms with Crippen LogP contribution in [-0.2, 0) is 4.79 Å². The van der Waals surface area contributed by atoms with Crippen molar-refractivity contribution in [2.75, 3.05) is 17.2 Å². The van der Waals surface area contributed by atoms with E-state index >= 15 is 0 Å². The molecule has 5 nitrogen and oxygen atoms in total. The number of para-hydroxylation sites is 1. The summed E-state index contributed by atoms with van der Waals surface area (Å²) in [7, 11) is 0. The van der Waals surface area contributed by atoms with Crippen LogP contribution in [-0.4, -0.2) is 18.4 Å². The molecule has 0 unspecified atom stereocenters. The number of anilines is 2. The summed E-state index contributed by atoms with van der Waals surface area (Å²) in [4.78, 5) is 24.6. The fraction of sp³-hybridized carbons (Fsp3) is 0.0476. The molecule has 0 fully saturated rings. The quantitative estimate of drug-likeness (QED) is 0.440. The van der Waals surface area contributed by atoms with Gasteiger partial charge in [-0.3, -0.25) is 9.59 Å². The minimum absolute atomic E-state index is 0.264. The van der Waals surface area contributed by atoms with Gasteiger partial charge in [-0.1, -0.05) is 47.5 Å². The number of ether oxygens (including phenoxy) is 1. The fourth-order valence-electron chi connectivity index (χ4n) is 2.46. The second kappa shape index (κ2) is 9.78. The molecule has 3 aromatic carbocycles. The molecule has 0 heterocycles. The Bertz CT molecular complexity index is 1020. The lowest BCUT2D eigenvalue weighted by atomic mass is 10.2. The third kappa shape index (κ3) is 5.97. The first-order valence-electron chi connectivity index (χ1n) is 8.46. The molecule has 3 rings (SSSR count). The summed E-state index contributed by atoms with van der Waals surface area (Å²) in [6.07, 6.45) is 0. The van der Waals surface area contributed by atoms with E-state index < -0.39 is 5.91 Å². The van der Waals surface area contributed by atoms with Gasteiger partial charge in [0.05, 0.1) is 9.50 Å². The van der Waals surface area contributed by atoms with E-state index in [-0.39, 0.29) is 17.5 Å². The number of hydrogen-bond acceptors (Lipinski definition) is 3. The maximum atomic E-state index is 12.4. The van der Waals surface area contributed by atoms with E-state index in [1.807, 2.05) is 18.2 Å². The number of carbonyl (C=O) groups is 2. The van der Waals surface area contributed by atoms with E-state index in [0.717, 1.165) is 0 Å². The van der Waals surface area contributed by atoms with Crippen molar-refractivity contribution in [2.45, 2.75) is 0 Å². The number of hydrogen-bond donors (Lipinski definition) is 2. The van der Waals surface area contributed by atoms with Gasteiger partial charge in [0.25, 0.3) is 11.8 Å². The van der Waals surface area contributed by atoms with Crippen molar-refractivity contribution in [3.63, 3.8) is 0 Å². The summed E-state index contributed by atoms with van der Waals surface area (Å²) in [5, 5.41) is 6.23. The van der Waals surface area contributed by atoms with E-state index in [1.165, 1.54) is 6.07 Å². The molecular formula is C21H15BrCl2N2O3. The van der Waals surface area contributed by atoms with Crippen LogP contribution in [0.5, 0.6) is 5.75 Å². The van der Waals surface area contributed by atoms with Gasteiger partial charge < -0.3 is 15.4 Å². The fourth-order valence-corrected chi connectivity index (χ4v) is 3.83. The molecule has 0 aliphatic rings. The van der Waals surface area contributed by atoms with Crippen molar-refractivity contribution in [1.29, 1.82) is 0 Å². The van der Waals surface area contributed by atoms with Crippen molar-refractivity contribution in [3.05, 3.63) is 86.8 Å². The lowest BCUT2D eigenvalue weighted by Gasteiger charge is -2.11. The van der Waals surface area contributed by atoms with Gasteiger partial charge in [0.1, 0.15) is 0 Å². The first-order valence-corrected chi connectivity index (χ1v) is 10.0. The van der Waals surface area contributed by atoms with Crippen molar-refractivity contribution in [2.24, 2.45) is 0 Å². The molecule has 0 aromatic heterocycles. The highest BCUT2D eigenvalue weighted by molar-refractivity contribution is 9.10. The molecule has 2 amide bonds. The Hall–Kier alpha value is -2.54. The van der Waals surface area contributed by atoms with E-state index in [1.54, 1.807) is 42.5 Å². The van der Waals surface area contributed by atoms with Crippen LogP contribution in [0, 0.1) is 0 Å². The molecule has 148 valence electrons. The first kappa shape index (κ1) is 21.2. The van der Waals surface area contributed by atoms with Crippen LogP contribution in [0.15, 0.2) is 71.2 Å². The third-order valence-electron chi connectivity index (χ3n) is 3.75. The summed E-state index contributed by atoms with van der Waals surface area (Å²) in [6, 6.07) is 18.9. The average molecular weight is 494 g/mol. The van der Waals surface area contributed by atoms with Gasteiger partial charge >= 0.3 is 0 Å². The zero-order valence-electron chi connectivity index (χ0n) is 14.9. The van der Waals surface area contributed by atoms with E-state index in [2.05, 4.69) is 26.6 Å². The standard InChI is InChI=1S/C21H15BrCl2N2O3/c22-17-10-14(23)11-18(24)20(17)29-12-19(27)25-16-8-4-5-13(9-16)21(28)26-15-6-2-1-3-7-15/h1-11H,12H2,(H,25,27)(H,26,28). The molecule has 0 radical (unpaired) electrons. The predicted molar refractivity (Wildman–Crippen MR) is 119 cm³/mol. The van der Waals surface area contributed by atoms with Crippen LogP contribution >= 0.6 is 39.1 Å². The van der Waals surface area contributed by atoms with Crippen molar-refractivity contribution in [3.8, 4) is 5.75 Å². The Morgan fingerprint density at radius 3 is 2.34 bits per heavy atom. The van der Waals surface area contributed by atoms with Crippen LogP contribution in [0.2, 0.25) is 10.0 Å². The Morgan fingerprint density at radius 2 is 1.62 bits per heavy atom. The van der Waals surface area contributed by atoms with Crippen LogP contribution in [0.3, 0.4) is 0 Å². The maximum Gasteiger partial charge on any atom is 0.262 e. The molecule has 0 saturated heterocycles. The van der Waals surface area contributed by atoms with Crippen LogP contribution in [0.1, 0.15) is 10.4 Å². The van der Waals surface area contributed by atoms with Gasteiger partial charge in [-0.25, -0.2) is 0 Å². The second-order valence-electron chi connectivity index (χ2n) is 5.94. The highest BCUT2D eigenvalue weighted by Crippen LogP contribution is 2.36. The highest BCUT2D eigenvalue weighted by atomic mass is 79.9. The van der Waals surface area contributed by atoms with Gasteiger partial charge in [-0.15, -0.1) is 0 Å². The Morgan fingerprint density at radius 1 is 0.897 bits per heavy atom. The molecule has 0 atom stereocenters. The molecule has 3 aromatic rings. The third-order valence-corrected chi connectivity index (χ3v) is 4.84. The van der Waals surface area contributed by atoms with E-state index in [4.69, 9.17) is 27.9 Å². The normalized spacial score (nSPS) is 10.3. The van der Waals surface area contributed by atoms with Crippen molar-refractivity contribution < 1.29 is 14.3 Å². The number of amides is 2. The zero-order valence-corrected chi connectivity index (χ0v) is 18.0. The molecule has 0 spiro atoms. The van der Waals surface area contributed by atoms with Gasteiger partial charge in [0.2, 0.25) is 0 Å². The number of halogens is 3. The van der Waals surface area contributed by atoms with Gasteiger partial charge in [-0.05, 0) is 58.4 Å². The molecule has 0 aliphatic carbocycles. The number of nitrogens with one attached hydrogen (secondary N) is 2. The molecule has 0 aliphatic heterocycles. The van der Waals surface area contributed by atoms with E-state index in [9.17, 15) is 9.59 Å². The highest BCUT2D eigenvalue weighted by Gasteiger charge is 2.12. The van der Waals surface area contributed by atoms with Gasteiger partial charge in [0, 0.05) is 22.0 Å². The minimum atomic E-state index is -0.400. The SMILES string of the molecule is O=C(COc1c(Cl)cc(Cl)cc1Br)Nc1cccc(C(=O)Nc2ccccc2)c1. The number of benzene rings is 3. The molecule has 0 saturated carbocycles. The number of carbonyl (C=O) groups excluding carboxylic acids is 2. The first-order chi connectivity index (χ1) is 13.9. The zero-order chi connectivity index (χ0) is 20.8. The van der Waals surface area contributed by atoms with Gasteiger partial charge in [-0.2, -0.15) is 0 Å². The lowest BCUT2D eigenvalue weighted by Crippen LogP contribution is -2.21. The summed E-state index contributed by atoms with van der Waals surface area (Å²) in [5.41, 5.74) is 1.57. The minimum Gasteiger partial charge on any atom is -0.481 e. The van der Waals surface area contributed by atoms with Crippen LogP contribution in [0.25, 0.3) is 0 Å². The Kier molecular flexibility index (Phi) is 7.14. The van der Waals surface area contributed by atoms with E-state index in [0.29, 0.717) is 32.2 Å². The second-order valence-corrected chi connectivity index (χ2v) is 7.63. The maximum absolute atomic E-state index is 12.4. The molecular weight excluding hydrogens is 479 g/mol.